The van der Waals surface area contributed by atoms with Gasteiger partial charge in [-0.25, -0.2) is 0 Å². The number of rotatable bonds is 6. The summed E-state index contributed by atoms with van der Waals surface area (Å²) in [6.07, 6.45) is 0.228. The van der Waals surface area contributed by atoms with Gasteiger partial charge in [-0.1, -0.05) is 54.6 Å². The van der Waals surface area contributed by atoms with Crippen LogP contribution >= 0.6 is 0 Å². The highest BCUT2D eigenvalue weighted by molar-refractivity contribution is 5.80. The van der Waals surface area contributed by atoms with Crippen molar-refractivity contribution in [1.29, 1.82) is 0 Å². The third-order valence-corrected chi connectivity index (χ3v) is 5.91. The molecule has 30 heavy (non-hydrogen) atoms. The van der Waals surface area contributed by atoms with Gasteiger partial charge in [-0.2, -0.15) is 0 Å². The lowest BCUT2D eigenvalue weighted by molar-refractivity contribution is -0.0502. The smallest absolute Gasteiger partial charge is 0.194 e. The lowest BCUT2D eigenvalue weighted by atomic mass is 10.1. The molecule has 2 aromatic carbocycles. The molecule has 2 fully saturated rings. The molecule has 0 bridgehead atoms. The summed E-state index contributed by atoms with van der Waals surface area (Å²) in [6.45, 7) is 5.91. The zero-order chi connectivity index (χ0) is 20.8. The number of benzene rings is 2. The first-order valence-electron chi connectivity index (χ1n) is 10.7. The van der Waals surface area contributed by atoms with Crippen molar-refractivity contribution in [2.45, 2.75) is 31.8 Å². The zero-order valence-corrected chi connectivity index (χ0v) is 18.0. The fourth-order valence-electron chi connectivity index (χ4n) is 4.45. The van der Waals surface area contributed by atoms with E-state index in [-0.39, 0.29) is 6.10 Å². The zero-order valence-electron chi connectivity index (χ0n) is 18.0. The van der Waals surface area contributed by atoms with E-state index < -0.39 is 0 Å². The molecule has 2 unspecified atom stereocenters. The molecule has 2 aliphatic heterocycles. The number of nitrogens with zero attached hydrogens (tertiary/aromatic N) is 3. The van der Waals surface area contributed by atoms with E-state index in [0.29, 0.717) is 12.6 Å². The maximum absolute atomic E-state index is 6.12. The molecule has 6 nitrogen and oxygen atoms in total. The molecule has 2 aromatic rings. The standard InChI is InChI=1S/C24H32N4O2/c1-25-24(26-14-20-9-6-10-21(13-20)18-29-2)28-16-22-23(17-28)30-12-11-27(22)15-19-7-4-3-5-8-19/h3-10,13,22-23H,11-12,14-18H2,1-2H3,(H,25,26). The maximum Gasteiger partial charge on any atom is 0.194 e. The highest BCUT2D eigenvalue weighted by Crippen LogP contribution is 2.24. The van der Waals surface area contributed by atoms with Gasteiger partial charge in [-0.05, 0) is 16.7 Å². The first kappa shape index (κ1) is 20.8. The fourth-order valence-corrected chi connectivity index (χ4v) is 4.45. The lowest BCUT2D eigenvalue weighted by Crippen LogP contribution is -2.50. The van der Waals surface area contributed by atoms with Gasteiger partial charge < -0.3 is 19.7 Å². The number of methoxy groups -OCH3 is 1. The van der Waals surface area contributed by atoms with Crippen molar-refractivity contribution < 1.29 is 9.47 Å². The highest BCUT2D eigenvalue weighted by Gasteiger charge is 2.41. The van der Waals surface area contributed by atoms with E-state index in [2.05, 4.69) is 74.7 Å². The Bertz CT molecular complexity index is 842. The van der Waals surface area contributed by atoms with Gasteiger partial charge in [-0.3, -0.25) is 9.89 Å². The molecule has 0 aliphatic carbocycles. The van der Waals surface area contributed by atoms with E-state index in [1.165, 1.54) is 16.7 Å². The quantitative estimate of drug-likeness (QED) is 0.588. The number of ether oxygens (including phenoxy) is 2. The average molecular weight is 409 g/mol. The summed E-state index contributed by atoms with van der Waals surface area (Å²) in [6, 6.07) is 19.6. The topological polar surface area (TPSA) is 49.3 Å². The van der Waals surface area contributed by atoms with Gasteiger partial charge in [0.05, 0.1) is 25.4 Å². The maximum atomic E-state index is 6.12. The van der Waals surface area contributed by atoms with E-state index in [1.807, 2.05) is 7.05 Å². The van der Waals surface area contributed by atoms with Gasteiger partial charge in [0, 0.05) is 46.9 Å². The Balaban J connectivity index is 1.37. The summed E-state index contributed by atoms with van der Waals surface area (Å²) in [7, 11) is 3.58. The van der Waals surface area contributed by atoms with Crippen LogP contribution < -0.4 is 5.32 Å². The number of fused-ring (bicyclic) bond motifs is 1. The van der Waals surface area contributed by atoms with Crippen LogP contribution in [0.15, 0.2) is 59.6 Å². The monoisotopic (exact) mass is 408 g/mol. The van der Waals surface area contributed by atoms with Gasteiger partial charge in [0.1, 0.15) is 0 Å². The molecule has 2 saturated heterocycles. The average Bonchev–Trinajstić information content (AvgIpc) is 3.21. The Labute approximate surface area is 179 Å². The lowest BCUT2D eigenvalue weighted by Gasteiger charge is -2.36. The first-order chi connectivity index (χ1) is 14.8. The molecular formula is C24H32N4O2. The molecule has 2 heterocycles. The van der Waals surface area contributed by atoms with E-state index in [4.69, 9.17) is 9.47 Å². The molecule has 0 spiro atoms. The molecule has 4 rings (SSSR count). The molecule has 0 amide bonds. The second kappa shape index (κ2) is 10.1. The predicted octanol–water partition coefficient (Wildman–Crippen LogP) is 2.49. The van der Waals surface area contributed by atoms with E-state index >= 15 is 0 Å². The van der Waals surface area contributed by atoms with Crippen LogP contribution in [-0.2, 0) is 29.2 Å². The largest absolute Gasteiger partial charge is 0.380 e. The second-order valence-corrected chi connectivity index (χ2v) is 7.99. The summed E-state index contributed by atoms with van der Waals surface area (Å²) in [5.74, 6) is 0.935. The molecule has 6 heteroatoms. The highest BCUT2D eigenvalue weighted by atomic mass is 16.5. The summed E-state index contributed by atoms with van der Waals surface area (Å²) < 4.78 is 11.4. The fraction of sp³-hybridized carbons (Fsp3) is 0.458. The van der Waals surface area contributed by atoms with Gasteiger partial charge in [0.25, 0.3) is 0 Å². The van der Waals surface area contributed by atoms with Crippen molar-refractivity contribution in [3.05, 3.63) is 71.3 Å². The molecule has 0 aromatic heterocycles. The number of likely N-dealkylation sites (tertiary alicyclic amines) is 1. The third kappa shape index (κ3) is 5.01. The van der Waals surface area contributed by atoms with Gasteiger partial charge >= 0.3 is 0 Å². The number of hydrogen-bond acceptors (Lipinski definition) is 4. The Kier molecular flexibility index (Phi) is 7.00. The van der Waals surface area contributed by atoms with Gasteiger partial charge in [0.15, 0.2) is 5.96 Å². The third-order valence-electron chi connectivity index (χ3n) is 5.91. The second-order valence-electron chi connectivity index (χ2n) is 7.99. The van der Waals surface area contributed by atoms with Gasteiger partial charge in [-0.15, -0.1) is 0 Å². The van der Waals surface area contributed by atoms with E-state index in [9.17, 15) is 0 Å². The summed E-state index contributed by atoms with van der Waals surface area (Å²) in [5.41, 5.74) is 3.77. The number of nitrogens with one attached hydrogen (secondary N) is 1. The first-order valence-corrected chi connectivity index (χ1v) is 10.7. The normalized spacial score (nSPS) is 22.2. The molecule has 0 saturated carbocycles. The minimum absolute atomic E-state index is 0.228. The van der Waals surface area contributed by atoms with Gasteiger partial charge in [0.2, 0.25) is 0 Å². The van der Waals surface area contributed by atoms with Crippen molar-refractivity contribution in [2.75, 3.05) is 40.4 Å². The van der Waals surface area contributed by atoms with Crippen LogP contribution in [0.4, 0.5) is 0 Å². The molecular weight excluding hydrogens is 376 g/mol. The number of aliphatic imine (C=N–C) groups is 1. The predicted molar refractivity (Wildman–Crippen MR) is 119 cm³/mol. The molecule has 2 aliphatic rings. The van der Waals surface area contributed by atoms with Crippen LogP contribution in [0.25, 0.3) is 0 Å². The van der Waals surface area contributed by atoms with E-state index in [1.54, 1.807) is 7.11 Å². The van der Waals surface area contributed by atoms with Crippen molar-refractivity contribution in [3.63, 3.8) is 0 Å². The minimum atomic E-state index is 0.228. The Morgan fingerprint density at radius 2 is 1.90 bits per heavy atom. The van der Waals surface area contributed by atoms with Crippen LogP contribution in [0.2, 0.25) is 0 Å². The Morgan fingerprint density at radius 3 is 2.70 bits per heavy atom. The van der Waals surface area contributed by atoms with Crippen molar-refractivity contribution >= 4 is 5.96 Å². The van der Waals surface area contributed by atoms with Crippen LogP contribution in [0.1, 0.15) is 16.7 Å². The van der Waals surface area contributed by atoms with Crippen LogP contribution in [0.5, 0.6) is 0 Å². The molecule has 1 N–H and O–H groups in total. The molecule has 2 atom stereocenters. The van der Waals surface area contributed by atoms with Crippen LogP contribution in [-0.4, -0.2) is 68.3 Å². The minimum Gasteiger partial charge on any atom is -0.380 e. The van der Waals surface area contributed by atoms with Crippen LogP contribution in [0, 0.1) is 0 Å². The number of morpholine rings is 1. The van der Waals surface area contributed by atoms with Crippen molar-refractivity contribution in [2.24, 2.45) is 4.99 Å². The summed E-state index contributed by atoms with van der Waals surface area (Å²) >= 11 is 0. The molecule has 0 radical (unpaired) electrons. The Morgan fingerprint density at radius 1 is 1.10 bits per heavy atom. The summed E-state index contributed by atoms with van der Waals surface area (Å²) in [4.78, 5) is 9.44. The summed E-state index contributed by atoms with van der Waals surface area (Å²) in [5, 5.41) is 3.53. The Hall–Kier alpha value is -2.41. The molecule has 160 valence electrons. The number of hydrogen-bond donors (Lipinski definition) is 1. The van der Waals surface area contributed by atoms with Crippen molar-refractivity contribution in [1.82, 2.24) is 15.1 Å². The van der Waals surface area contributed by atoms with E-state index in [0.717, 1.165) is 45.3 Å². The van der Waals surface area contributed by atoms with Crippen molar-refractivity contribution in [3.8, 4) is 0 Å². The van der Waals surface area contributed by atoms with Crippen LogP contribution in [0.3, 0.4) is 0 Å². The SMILES string of the molecule is CN=C(NCc1cccc(COC)c1)N1CC2OCCN(Cc3ccccc3)C2C1. The number of guanidine groups is 1.